The molecule has 5 heteroatoms. The van der Waals surface area contributed by atoms with Gasteiger partial charge in [-0.25, -0.2) is 4.79 Å². The standard InChI is InChI=1S/C14H18N2O3/c15-11-5-2-1-4-10(11)7-8-13(17)16-9-3-6-12(16)14(18)19/h1-2,4-5,12H,3,6-9,15H2,(H,18,19)/t12-/m1/s1. The summed E-state index contributed by atoms with van der Waals surface area (Å²) in [6, 6.07) is 6.77. The van der Waals surface area contributed by atoms with Gasteiger partial charge < -0.3 is 15.7 Å². The van der Waals surface area contributed by atoms with E-state index >= 15 is 0 Å². The maximum atomic E-state index is 12.1. The summed E-state index contributed by atoms with van der Waals surface area (Å²) in [5, 5.41) is 9.05. The number of nitrogens with two attached hydrogens (primary N) is 1. The van der Waals surface area contributed by atoms with Crippen LogP contribution in [-0.4, -0.2) is 34.5 Å². The van der Waals surface area contributed by atoms with Crippen molar-refractivity contribution in [2.24, 2.45) is 0 Å². The van der Waals surface area contributed by atoms with Crippen molar-refractivity contribution < 1.29 is 14.7 Å². The molecule has 0 aromatic heterocycles. The van der Waals surface area contributed by atoms with Crippen molar-refractivity contribution in [3.63, 3.8) is 0 Å². The molecule has 0 unspecified atom stereocenters. The number of nitrogens with zero attached hydrogens (tertiary/aromatic N) is 1. The normalized spacial score (nSPS) is 18.5. The molecule has 1 aliphatic heterocycles. The minimum absolute atomic E-state index is 0.104. The fraction of sp³-hybridized carbons (Fsp3) is 0.429. The predicted molar refractivity (Wildman–Crippen MR) is 71.5 cm³/mol. The number of aliphatic carboxylic acids is 1. The van der Waals surface area contributed by atoms with Gasteiger partial charge in [0.05, 0.1) is 0 Å². The molecule has 1 fully saturated rings. The smallest absolute Gasteiger partial charge is 0.326 e. The molecule has 3 N–H and O–H groups in total. The third kappa shape index (κ3) is 3.05. The summed E-state index contributed by atoms with van der Waals surface area (Å²) in [5.74, 6) is -1.02. The summed E-state index contributed by atoms with van der Waals surface area (Å²) in [5.41, 5.74) is 7.42. The van der Waals surface area contributed by atoms with Crippen LogP contribution in [0.3, 0.4) is 0 Å². The second-order valence-electron chi connectivity index (χ2n) is 4.78. The predicted octanol–water partition coefficient (Wildman–Crippen LogP) is 1.28. The number of carboxylic acids is 1. The highest BCUT2D eigenvalue weighted by atomic mass is 16.4. The first-order chi connectivity index (χ1) is 9.09. The summed E-state index contributed by atoms with van der Waals surface area (Å²) < 4.78 is 0. The van der Waals surface area contributed by atoms with Crippen LogP contribution in [0, 0.1) is 0 Å². The molecule has 1 heterocycles. The number of carbonyl (C=O) groups is 2. The van der Waals surface area contributed by atoms with Gasteiger partial charge in [0.1, 0.15) is 6.04 Å². The van der Waals surface area contributed by atoms with Gasteiger partial charge in [-0.2, -0.15) is 0 Å². The van der Waals surface area contributed by atoms with Crippen molar-refractivity contribution in [2.45, 2.75) is 31.7 Å². The van der Waals surface area contributed by atoms with Crippen LogP contribution in [0.2, 0.25) is 0 Å². The third-order valence-electron chi connectivity index (χ3n) is 3.52. The number of carboxylic acid groups (broad SMARTS) is 1. The Kier molecular flexibility index (Phi) is 4.04. The Balaban J connectivity index is 1.95. The molecular formula is C14H18N2O3. The lowest BCUT2D eigenvalue weighted by molar-refractivity contribution is -0.148. The van der Waals surface area contributed by atoms with Crippen molar-refractivity contribution in [1.82, 2.24) is 4.90 Å². The molecule has 19 heavy (non-hydrogen) atoms. The van der Waals surface area contributed by atoms with E-state index in [1.807, 2.05) is 18.2 Å². The lowest BCUT2D eigenvalue weighted by atomic mass is 10.1. The van der Waals surface area contributed by atoms with Crippen LogP contribution < -0.4 is 5.73 Å². The van der Waals surface area contributed by atoms with Gasteiger partial charge >= 0.3 is 5.97 Å². The van der Waals surface area contributed by atoms with Gasteiger partial charge in [-0.05, 0) is 30.9 Å². The number of anilines is 1. The van der Waals surface area contributed by atoms with E-state index in [1.165, 1.54) is 4.90 Å². The van der Waals surface area contributed by atoms with Crippen LogP contribution in [0.25, 0.3) is 0 Å². The Morgan fingerprint density at radius 2 is 2.11 bits per heavy atom. The van der Waals surface area contributed by atoms with Crippen LogP contribution >= 0.6 is 0 Å². The Morgan fingerprint density at radius 3 is 2.79 bits per heavy atom. The highest BCUT2D eigenvalue weighted by molar-refractivity contribution is 5.84. The Bertz CT molecular complexity index is 487. The van der Waals surface area contributed by atoms with E-state index in [2.05, 4.69) is 0 Å². The van der Waals surface area contributed by atoms with Gasteiger partial charge in [0.15, 0.2) is 0 Å². The van der Waals surface area contributed by atoms with Gasteiger partial charge in [0.25, 0.3) is 0 Å². The SMILES string of the molecule is Nc1ccccc1CCC(=O)N1CCC[C@@H]1C(=O)O. The second kappa shape index (κ2) is 5.73. The molecule has 1 aromatic rings. The second-order valence-corrected chi connectivity index (χ2v) is 4.78. The fourth-order valence-electron chi connectivity index (χ4n) is 2.47. The lowest BCUT2D eigenvalue weighted by Crippen LogP contribution is -2.40. The summed E-state index contributed by atoms with van der Waals surface area (Å²) in [7, 11) is 0. The summed E-state index contributed by atoms with van der Waals surface area (Å²) >= 11 is 0. The molecule has 5 nitrogen and oxygen atoms in total. The maximum absolute atomic E-state index is 12.1. The maximum Gasteiger partial charge on any atom is 0.326 e. The van der Waals surface area contributed by atoms with Crippen molar-refractivity contribution in [3.05, 3.63) is 29.8 Å². The minimum Gasteiger partial charge on any atom is -0.480 e. The summed E-state index contributed by atoms with van der Waals surface area (Å²) in [6.07, 6.45) is 2.16. The van der Waals surface area contributed by atoms with Crippen LogP contribution in [0.1, 0.15) is 24.8 Å². The first kappa shape index (κ1) is 13.4. The monoisotopic (exact) mass is 262 g/mol. The van der Waals surface area contributed by atoms with E-state index < -0.39 is 12.0 Å². The van der Waals surface area contributed by atoms with Gasteiger partial charge in [0, 0.05) is 18.7 Å². The number of aryl methyl sites for hydroxylation is 1. The zero-order valence-electron chi connectivity index (χ0n) is 10.7. The molecule has 1 atom stereocenters. The van der Waals surface area contributed by atoms with E-state index in [0.29, 0.717) is 31.5 Å². The molecule has 1 aliphatic rings. The summed E-state index contributed by atoms with van der Waals surface area (Å²) in [4.78, 5) is 24.6. The third-order valence-corrected chi connectivity index (χ3v) is 3.52. The molecule has 0 aliphatic carbocycles. The highest BCUT2D eigenvalue weighted by Crippen LogP contribution is 2.20. The number of nitrogen functional groups attached to an aromatic ring is 1. The van der Waals surface area contributed by atoms with Gasteiger partial charge in [-0.15, -0.1) is 0 Å². The van der Waals surface area contributed by atoms with E-state index in [9.17, 15) is 9.59 Å². The average Bonchev–Trinajstić information content (AvgIpc) is 2.87. The highest BCUT2D eigenvalue weighted by Gasteiger charge is 2.33. The molecule has 0 radical (unpaired) electrons. The molecule has 102 valence electrons. The van der Waals surface area contributed by atoms with E-state index in [4.69, 9.17) is 10.8 Å². The molecule has 0 saturated carbocycles. The fourth-order valence-corrected chi connectivity index (χ4v) is 2.47. The number of benzene rings is 1. The zero-order chi connectivity index (χ0) is 13.8. The molecule has 1 saturated heterocycles. The quantitative estimate of drug-likeness (QED) is 0.800. The largest absolute Gasteiger partial charge is 0.480 e. The van der Waals surface area contributed by atoms with Crippen molar-refractivity contribution >= 4 is 17.6 Å². The first-order valence-corrected chi connectivity index (χ1v) is 6.45. The van der Waals surface area contributed by atoms with Crippen LogP contribution in [0.15, 0.2) is 24.3 Å². The van der Waals surface area contributed by atoms with Gasteiger partial charge in [0.2, 0.25) is 5.91 Å². The molecule has 0 spiro atoms. The number of para-hydroxylation sites is 1. The van der Waals surface area contributed by atoms with E-state index in [0.717, 1.165) is 12.0 Å². The van der Waals surface area contributed by atoms with Gasteiger partial charge in [-0.1, -0.05) is 18.2 Å². The van der Waals surface area contributed by atoms with Crippen LogP contribution in [0.5, 0.6) is 0 Å². The van der Waals surface area contributed by atoms with Crippen LogP contribution in [0.4, 0.5) is 5.69 Å². The Labute approximate surface area is 112 Å². The lowest BCUT2D eigenvalue weighted by Gasteiger charge is -2.21. The minimum atomic E-state index is -0.912. The number of hydrogen-bond donors (Lipinski definition) is 2. The average molecular weight is 262 g/mol. The first-order valence-electron chi connectivity index (χ1n) is 6.45. The Hall–Kier alpha value is -2.04. The topological polar surface area (TPSA) is 83.6 Å². The van der Waals surface area contributed by atoms with Crippen molar-refractivity contribution in [2.75, 3.05) is 12.3 Å². The van der Waals surface area contributed by atoms with E-state index in [1.54, 1.807) is 6.07 Å². The number of hydrogen-bond acceptors (Lipinski definition) is 3. The number of likely N-dealkylation sites (tertiary alicyclic amines) is 1. The molecule has 0 bridgehead atoms. The van der Waals surface area contributed by atoms with Gasteiger partial charge in [-0.3, -0.25) is 4.79 Å². The molecule has 1 aromatic carbocycles. The molecule has 2 rings (SSSR count). The van der Waals surface area contributed by atoms with Crippen molar-refractivity contribution in [3.8, 4) is 0 Å². The molecule has 1 amide bonds. The van der Waals surface area contributed by atoms with Crippen molar-refractivity contribution in [1.29, 1.82) is 0 Å². The molecular weight excluding hydrogens is 244 g/mol. The summed E-state index contributed by atoms with van der Waals surface area (Å²) in [6.45, 7) is 0.542. The number of rotatable bonds is 4. The number of carbonyl (C=O) groups excluding carboxylic acids is 1. The van der Waals surface area contributed by atoms with Crippen LogP contribution in [-0.2, 0) is 16.0 Å². The Morgan fingerprint density at radius 1 is 1.37 bits per heavy atom. The zero-order valence-corrected chi connectivity index (χ0v) is 10.7. The number of amides is 1. The van der Waals surface area contributed by atoms with E-state index in [-0.39, 0.29) is 5.91 Å².